The van der Waals surface area contributed by atoms with Gasteiger partial charge in [-0.15, -0.1) is 0 Å². The normalized spacial score (nSPS) is 14.8. The fraction of sp³-hybridized carbons (Fsp3) is 0.538. The van der Waals surface area contributed by atoms with E-state index in [1.807, 2.05) is 13.0 Å². The number of nitrogens with two attached hydrogens (primary N) is 1. The molecule has 1 rings (SSSR count). The van der Waals surface area contributed by atoms with E-state index in [4.69, 9.17) is 10.5 Å². The maximum atomic E-state index is 5.90. The summed E-state index contributed by atoms with van der Waals surface area (Å²) in [4.78, 5) is 2.19. The van der Waals surface area contributed by atoms with Crippen molar-refractivity contribution < 1.29 is 4.74 Å². The number of ether oxygens (including phenoxy) is 1. The van der Waals surface area contributed by atoms with E-state index in [2.05, 4.69) is 47.1 Å². The van der Waals surface area contributed by atoms with E-state index in [1.165, 1.54) is 5.56 Å². The van der Waals surface area contributed by atoms with Crippen molar-refractivity contribution in [2.75, 3.05) is 21.2 Å². The molecule has 0 aliphatic heterocycles. The smallest absolute Gasteiger partial charge is 0.133 e. The minimum absolute atomic E-state index is 0.184. The monoisotopic (exact) mass is 300 g/mol. The summed E-state index contributed by atoms with van der Waals surface area (Å²) in [5, 5.41) is 0. The van der Waals surface area contributed by atoms with Gasteiger partial charge in [0.25, 0.3) is 0 Å². The van der Waals surface area contributed by atoms with Crippen molar-refractivity contribution >= 4 is 15.9 Å². The van der Waals surface area contributed by atoms with Gasteiger partial charge in [0.15, 0.2) is 0 Å². The molecule has 4 heteroatoms. The maximum absolute atomic E-state index is 5.90. The van der Waals surface area contributed by atoms with Crippen LogP contribution in [0.3, 0.4) is 0 Å². The summed E-state index contributed by atoms with van der Waals surface area (Å²) in [6, 6.07) is 6.69. The number of methoxy groups -OCH3 is 1. The molecular weight excluding hydrogens is 280 g/mol. The maximum Gasteiger partial charge on any atom is 0.133 e. The first-order valence-electron chi connectivity index (χ1n) is 5.71. The minimum atomic E-state index is 0.184. The van der Waals surface area contributed by atoms with Crippen LogP contribution in [-0.4, -0.2) is 32.1 Å². The van der Waals surface area contributed by atoms with Crippen molar-refractivity contribution in [1.29, 1.82) is 0 Å². The predicted octanol–water partition coefficient (Wildman–Crippen LogP) is 2.80. The Morgan fingerprint density at radius 1 is 1.41 bits per heavy atom. The third kappa shape index (κ3) is 3.98. The molecule has 0 aliphatic rings. The fourth-order valence-corrected chi connectivity index (χ4v) is 2.45. The topological polar surface area (TPSA) is 38.5 Å². The average Bonchev–Trinajstić information content (AvgIpc) is 2.25. The molecule has 2 N–H and O–H groups in total. The lowest BCUT2D eigenvalue weighted by atomic mass is 9.99. The summed E-state index contributed by atoms with van der Waals surface area (Å²) in [6.45, 7) is 2.04. The lowest BCUT2D eigenvalue weighted by Gasteiger charge is -2.26. The summed E-state index contributed by atoms with van der Waals surface area (Å²) in [5.41, 5.74) is 7.15. The van der Waals surface area contributed by atoms with Crippen molar-refractivity contribution in [3.05, 3.63) is 28.2 Å². The first-order chi connectivity index (χ1) is 7.95. The van der Waals surface area contributed by atoms with Gasteiger partial charge in [0, 0.05) is 12.1 Å². The Morgan fingerprint density at radius 2 is 2.06 bits per heavy atom. The molecule has 0 fully saturated rings. The van der Waals surface area contributed by atoms with E-state index in [0.717, 1.165) is 16.6 Å². The van der Waals surface area contributed by atoms with Crippen LogP contribution in [0.25, 0.3) is 0 Å². The van der Waals surface area contributed by atoms with Crippen LogP contribution in [0.2, 0.25) is 0 Å². The van der Waals surface area contributed by atoms with Crippen molar-refractivity contribution in [2.45, 2.75) is 25.4 Å². The van der Waals surface area contributed by atoms with Gasteiger partial charge in [0.1, 0.15) is 5.75 Å². The van der Waals surface area contributed by atoms with Crippen LogP contribution in [0.15, 0.2) is 22.7 Å². The second kappa shape index (κ2) is 6.38. The molecule has 0 amide bonds. The largest absolute Gasteiger partial charge is 0.496 e. The van der Waals surface area contributed by atoms with Crippen LogP contribution in [0, 0.1) is 0 Å². The summed E-state index contributed by atoms with van der Waals surface area (Å²) < 4.78 is 6.22. The van der Waals surface area contributed by atoms with Gasteiger partial charge in [-0.3, -0.25) is 0 Å². The Kier molecular flexibility index (Phi) is 5.43. The van der Waals surface area contributed by atoms with E-state index < -0.39 is 0 Å². The van der Waals surface area contributed by atoms with Crippen LogP contribution in [0.4, 0.5) is 0 Å². The van der Waals surface area contributed by atoms with Gasteiger partial charge in [-0.2, -0.15) is 0 Å². The summed E-state index contributed by atoms with van der Waals surface area (Å²) in [6.07, 6.45) is 0.936. The molecule has 0 heterocycles. The average molecular weight is 301 g/mol. The lowest BCUT2D eigenvalue weighted by Crippen LogP contribution is -2.27. The second-order valence-corrected chi connectivity index (χ2v) is 5.44. The number of halogens is 1. The molecule has 1 aromatic rings. The predicted molar refractivity (Wildman–Crippen MR) is 75.4 cm³/mol. The van der Waals surface area contributed by atoms with Gasteiger partial charge in [-0.05, 0) is 61.1 Å². The van der Waals surface area contributed by atoms with E-state index in [0.29, 0.717) is 6.04 Å². The molecule has 3 nitrogen and oxygen atoms in total. The zero-order chi connectivity index (χ0) is 13.0. The Labute approximate surface area is 112 Å². The SMILES string of the molecule is COc1ccc(C(CC(C)N)N(C)C)cc1Br. The molecule has 1 aromatic carbocycles. The highest BCUT2D eigenvalue weighted by Crippen LogP contribution is 2.31. The highest BCUT2D eigenvalue weighted by Gasteiger charge is 2.17. The van der Waals surface area contributed by atoms with E-state index in [1.54, 1.807) is 7.11 Å². The van der Waals surface area contributed by atoms with Crippen molar-refractivity contribution in [3.63, 3.8) is 0 Å². The number of rotatable bonds is 5. The first-order valence-corrected chi connectivity index (χ1v) is 6.50. The zero-order valence-corrected chi connectivity index (χ0v) is 12.5. The van der Waals surface area contributed by atoms with Crippen LogP contribution < -0.4 is 10.5 Å². The Bertz CT molecular complexity index is 366. The van der Waals surface area contributed by atoms with Crippen molar-refractivity contribution in [1.82, 2.24) is 4.90 Å². The zero-order valence-electron chi connectivity index (χ0n) is 10.9. The first kappa shape index (κ1) is 14.5. The molecule has 0 aromatic heterocycles. The molecular formula is C13H21BrN2O. The van der Waals surface area contributed by atoms with Gasteiger partial charge >= 0.3 is 0 Å². The molecule has 96 valence electrons. The van der Waals surface area contributed by atoms with Crippen LogP contribution >= 0.6 is 15.9 Å². The Balaban J connectivity index is 2.98. The molecule has 0 aliphatic carbocycles. The van der Waals surface area contributed by atoms with Gasteiger partial charge in [0.05, 0.1) is 11.6 Å². The third-order valence-corrected chi connectivity index (χ3v) is 3.40. The third-order valence-electron chi connectivity index (χ3n) is 2.78. The second-order valence-electron chi connectivity index (χ2n) is 4.59. The lowest BCUT2D eigenvalue weighted by molar-refractivity contribution is 0.272. The Hall–Kier alpha value is -0.580. The molecule has 0 saturated heterocycles. The molecule has 17 heavy (non-hydrogen) atoms. The highest BCUT2D eigenvalue weighted by atomic mass is 79.9. The molecule has 2 unspecified atom stereocenters. The van der Waals surface area contributed by atoms with Gasteiger partial charge in [-0.25, -0.2) is 0 Å². The molecule has 0 saturated carbocycles. The van der Waals surface area contributed by atoms with Crippen molar-refractivity contribution in [3.8, 4) is 5.75 Å². The molecule has 0 spiro atoms. The minimum Gasteiger partial charge on any atom is -0.496 e. The number of hydrogen-bond acceptors (Lipinski definition) is 3. The highest BCUT2D eigenvalue weighted by molar-refractivity contribution is 9.10. The van der Waals surface area contributed by atoms with Crippen molar-refractivity contribution in [2.24, 2.45) is 5.73 Å². The summed E-state index contributed by atoms with van der Waals surface area (Å²) in [5.74, 6) is 0.854. The van der Waals surface area contributed by atoms with Gasteiger partial charge in [-0.1, -0.05) is 6.07 Å². The summed E-state index contributed by atoms with van der Waals surface area (Å²) in [7, 11) is 5.82. The molecule has 2 atom stereocenters. The van der Waals surface area contributed by atoms with E-state index >= 15 is 0 Å². The Morgan fingerprint density at radius 3 is 2.47 bits per heavy atom. The molecule has 0 bridgehead atoms. The van der Waals surface area contributed by atoms with E-state index in [9.17, 15) is 0 Å². The fourth-order valence-electron chi connectivity index (χ4n) is 1.89. The number of nitrogens with zero attached hydrogens (tertiary/aromatic N) is 1. The van der Waals surface area contributed by atoms with Crippen LogP contribution in [0.5, 0.6) is 5.75 Å². The molecule has 0 radical (unpaired) electrons. The van der Waals surface area contributed by atoms with Crippen LogP contribution in [0.1, 0.15) is 24.9 Å². The van der Waals surface area contributed by atoms with E-state index in [-0.39, 0.29) is 6.04 Å². The standard InChI is InChI=1S/C13H21BrN2O/c1-9(15)7-12(16(2)3)10-5-6-13(17-4)11(14)8-10/h5-6,8-9,12H,7,15H2,1-4H3. The number of benzene rings is 1. The quantitative estimate of drug-likeness (QED) is 0.909. The van der Waals surface area contributed by atoms with Gasteiger partial charge < -0.3 is 15.4 Å². The summed E-state index contributed by atoms with van der Waals surface area (Å²) >= 11 is 3.52. The number of hydrogen-bond donors (Lipinski definition) is 1. The van der Waals surface area contributed by atoms with Gasteiger partial charge in [0.2, 0.25) is 0 Å². The van der Waals surface area contributed by atoms with Crippen LogP contribution in [-0.2, 0) is 0 Å².